The molecule has 3 aromatic rings. The molecule has 0 radical (unpaired) electrons. The highest BCUT2D eigenvalue weighted by Crippen LogP contribution is 2.37. The lowest BCUT2D eigenvalue weighted by Gasteiger charge is -2.32. The minimum absolute atomic E-state index is 0.105. The van der Waals surface area contributed by atoms with E-state index >= 15 is 0 Å². The summed E-state index contributed by atoms with van der Waals surface area (Å²) in [7, 11) is -4.61. The van der Waals surface area contributed by atoms with Crippen LogP contribution in [-0.4, -0.2) is 84.7 Å². The molecule has 2 atom stereocenters. The highest BCUT2D eigenvalue weighted by atomic mass is 31.2. The number of hydroxylamine groups is 2. The van der Waals surface area contributed by atoms with Gasteiger partial charge in [-0.15, -0.1) is 0 Å². The first-order chi connectivity index (χ1) is 25.0. The van der Waals surface area contributed by atoms with Crippen molar-refractivity contribution in [1.82, 2.24) is 15.7 Å². The molecule has 1 aromatic heterocycles. The third-order valence-electron chi connectivity index (χ3n) is 8.60. The second-order valence-electron chi connectivity index (χ2n) is 12.1. The van der Waals surface area contributed by atoms with Gasteiger partial charge in [0.15, 0.2) is 5.76 Å². The second kappa shape index (κ2) is 19.2. The molecule has 4 rings (SSSR count). The standard InChI is InChI=1S/C36H47N4O11P/c1-4-7-8-9-30(31(5-2)40(24-41)51-36(44)25-10-12-27(13-11-25)39-16-18-48-19-17-39)34(42)37-23-38-35(43)33-15-14-32(50-33)26-20-28(49-6-3)22-29(21-26)52(45,46)47/h10-15,20-22,24,30-31H,4-9,16-19,23H2,1-3H3,(H,37,42)(H,38,43)(H2,45,46,47). The van der Waals surface area contributed by atoms with Crippen LogP contribution in [-0.2, 0) is 23.7 Å². The first-order valence-corrected chi connectivity index (χ1v) is 19.0. The summed E-state index contributed by atoms with van der Waals surface area (Å²) in [6, 6.07) is 13.0. The van der Waals surface area contributed by atoms with Crippen LogP contribution >= 0.6 is 7.60 Å². The maximum atomic E-state index is 13.5. The summed E-state index contributed by atoms with van der Waals surface area (Å²) < 4.78 is 28.4. The summed E-state index contributed by atoms with van der Waals surface area (Å²) in [4.78, 5) is 78.9. The lowest BCUT2D eigenvalue weighted by Crippen LogP contribution is -2.49. The van der Waals surface area contributed by atoms with Gasteiger partial charge in [0.1, 0.15) is 11.5 Å². The number of furan rings is 1. The monoisotopic (exact) mass is 742 g/mol. The van der Waals surface area contributed by atoms with Crippen LogP contribution in [0.15, 0.2) is 59.0 Å². The van der Waals surface area contributed by atoms with E-state index < -0.39 is 37.3 Å². The van der Waals surface area contributed by atoms with Crippen LogP contribution in [0.1, 0.15) is 73.8 Å². The van der Waals surface area contributed by atoms with Gasteiger partial charge in [0.05, 0.1) is 49.3 Å². The molecule has 282 valence electrons. The molecular weight excluding hydrogens is 695 g/mol. The molecule has 2 aromatic carbocycles. The summed E-state index contributed by atoms with van der Waals surface area (Å²) in [6.07, 6.45) is 3.54. The first-order valence-electron chi connectivity index (χ1n) is 17.4. The van der Waals surface area contributed by atoms with Crippen LogP contribution in [0.5, 0.6) is 5.75 Å². The number of morpholine rings is 1. The van der Waals surface area contributed by atoms with Crippen LogP contribution in [0.2, 0.25) is 0 Å². The molecule has 52 heavy (non-hydrogen) atoms. The molecule has 0 aliphatic carbocycles. The first kappa shape index (κ1) is 40.1. The lowest BCUT2D eigenvalue weighted by molar-refractivity contribution is -0.171. The molecule has 3 amide bonds. The van der Waals surface area contributed by atoms with Crippen molar-refractivity contribution < 1.29 is 52.3 Å². The molecule has 16 heteroatoms. The summed E-state index contributed by atoms with van der Waals surface area (Å²) in [5, 5.41) is 5.90. The Morgan fingerprint density at radius 1 is 1.00 bits per heavy atom. The van der Waals surface area contributed by atoms with Crippen LogP contribution in [0.4, 0.5) is 5.69 Å². The van der Waals surface area contributed by atoms with E-state index in [1.807, 2.05) is 19.1 Å². The number of unbranched alkanes of at least 4 members (excludes halogenated alkanes) is 2. The Bertz CT molecular complexity index is 1700. The molecule has 0 bridgehead atoms. The number of nitrogens with one attached hydrogen (secondary N) is 2. The van der Waals surface area contributed by atoms with Crippen molar-refractivity contribution in [2.24, 2.45) is 5.92 Å². The van der Waals surface area contributed by atoms with Crippen molar-refractivity contribution in [3.8, 4) is 17.1 Å². The Kier molecular flexibility index (Phi) is 14.8. The number of carbonyl (C=O) groups excluding carboxylic acids is 4. The molecule has 2 unspecified atom stereocenters. The lowest BCUT2D eigenvalue weighted by atomic mass is 9.90. The predicted octanol–water partition coefficient (Wildman–Crippen LogP) is 3.99. The smallest absolute Gasteiger partial charge is 0.363 e. The molecule has 4 N–H and O–H groups in total. The van der Waals surface area contributed by atoms with E-state index in [0.29, 0.717) is 44.4 Å². The quantitative estimate of drug-likeness (QED) is 0.0454. The molecule has 0 saturated carbocycles. The number of anilines is 1. The number of amides is 3. The zero-order valence-corrected chi connectivity index (χ0v) is 30.5. The molecule has 0 spiro atoms. The normalized spacial score (nSPS) is 14.2. The zero-order valence-electron chi connectivity index (χ0n) is 29.6. The predicted molar refractivity (Wildman–Crippen MR) is 192 cm³/mol. The molecule has 1 aliphatic rings. The minimum Gasteiger partial charge on any atom is -0.494 e. The average molecular weight is 743 g/mol. The Labute approximate surface area is 302 Å². The number of nitrogens with zero attached hydrogens (tertiary/aromatic N) is 2. The van der Waals surface area contributed by atoms with Gasteiger partial charge in [-0.2, -0.15) is 5.06 Å². The third kappa shape index (κ3) is 10.9. The van der Waals surface area contributed by atoms with Crippen molar-refractivity contribution in [2.75, 3.05) is 44.5 Å². The van der Waals surface area contributed by atoms with E-state index in [1.54, 1.807) is 26.0 Å². The van der Waals surface area contributed by atoms with Gasteiger partial charge in [-0.1, -0.05) is 33.1 Å². The fraction of sp³-hybridized carbons (Fsp3) is 0.444. The van der Waals surface area contributed by atoms with Gasteiger partial charge < -0.3 is 44.0 Å². The van der Waals surface area contributed by atoms with Crippen LogP contribution in [0, 0.1) is 5.92 Å². The van der Waals surface area contributed by atoms with E-state index in [1.165, 1.54) is 30.3 Å². The summed E-state index contributed by atoms with van der Waals surface area (Å²) in [5.41, 5.74) is 1.48. The van der Waals surface area contributed by atoms with Gasteiger partial charge in [0.2, 0.25) is 12.3 Å². The number of rotatable bonds is 19. The van der Waals surface area contributed by atoms with Gasteiger partial charge in [0, 0.05) is 24.3 Å². The maximum Gasteiger partial charge on any atom is 0.363 e. The number of ether oxygens (including phenoxy) is 2. The van der Waals surface area contributed by atoms with Crippen molar-refractivity contribution in [1.29, 1.82) is 0 Å². The Balaban J connectivity index is 1.39. The topological polar surface area (TPSA) is 197 Å². The molecular formula is C36H47N4O11P. The summed E-state index contributed by atoms with van der Waals surface area (Å²) >= 11 is 0. The van der Waals surface area contributed by atoms with Gasteiger partial charge in [-0.25, -0.2) is 4.79 Å². The second-order valence-corrected chi connectivity index (χ2v) is 13.8. The Morgan fingerprint density at radius 3 is 2.37 bits per heavy atom. The number of benzene rings is 2. The maximum absolute atomic E-state index is 13.5. The fourth-order valence-electron chi connectivity index (χ4n) is 5.89. The van der Waals surface area contributed by atoms with Crippen LogP contribution in [0.3, 0.4) is 0 Å². The Morgan fingerprint density at radius 2 is 1.73 bits per heavy atom. The van der Waals surface area contributed by atoms with Crippen LogP contribution < -0.4 is 25.6 Å². The van der Waals surface area contributed by atoms with E-state index in [-0.39, 0.29) is 41.4 Å². The summed E-state index contributed by atoms with van der Waals surface area (Å²) in [5.74, 6) is -2.30. The Hall–Kier alpha value is -4.69. The SMILES string of the molecule is CCCCCC(C(=O)NCNC(=O)c1ccc(-c2cc(OCC)cc(P(=O)(O)O)c2)o1)C(CC)N(C=O)OC(=O)c1ccc(N2CCOCC2)cc1. The highest BCUT2D eigenvalue weighted by molar-refractivity contribution is 7.60. The average Bonchev–Trinajstić information content (AvgIpc) is 3.65. The van der Waals surface area contributed by atoms with Crippen molar-refractivity contribution >= 4 is 42.8 Å². The number of hydrogen-bond acceptors (Lipinski definition) is 10. The molecule has 1 fully saturated rings. The van der Waals surface area contributed by atoms with Gasteiger partial charge in [-0.05, 0) is 74.4 Å². The van der Waals surface area contributed by atoms with E-state index in [4.69, 9.17) is 18.7 Å². The zero-order chi connectivity index (χ0) is 37.7. The summed E-state index contributed by atoms with van der Waals surface area (Å²) in [6.45, 7) is 8.27. The van der Waals surface area contributed by atoms with Gasteiger partial charge in [-0.3, -0.25) is 18.9 Å². The molecule has 15 nitrogen and oxygen atoms in total. The molecule has 1 saturated heterocycles. The van der Waals surface area contributed by atoms with Crippen molar-refractivity contribution in [3.05, 3.63) is 65.9 Å². The minimum atomic E-state index is -4.61. The van der Waals surface area contributed by atoms with Crippen molar-refractivity contribution in [3.63, 3.8) is 0 Å². The van der Waals surface area contributed by atoms with E-state index in [9.17, 15) is 33.5 Å². The molecule has 2 heterocycles. The largest absolute Gasteiger partial charge is 0.494 e. The fourth-order valence-corrected chi connectivity index (χ4v) is 6.49. The van der Waals surface area contributed by atoms with Gasteiger partial charge >= 0.3 is 13.6 Å². The number of carbonyl (C=O) groups is 4. The van der Waals surface area contributed by atoms with Crippen molar-refractivity contribution in [2.45, 2.75) is 58.9 Å². The van der Waals surface area contributed by atoms with Crippen LogP contribution in [0.25, 0.3) is 11.3 Å². The van der Waals surface area contributed by atoms with E-state index in [0.717, 1.165) is 36.7 Å². The third-order valence-corrected chi connectivity index (χ3v) is 9.53. The number of hydrogen-bond donors (Lipinski definition) is 4. The highest BCUT2D eigenvalue weighted by Gasteiger charge is 2.34. The van der Waals surface area contributed by atoms with Gasteiger partial charge in [0.25, 0.3) is 5.91 Å². The van der Waals surface area contributed by atoms with E-state index in [2.05, 4.69) is 15.5 Å². The molecule has 1 aliphatic heterocycles.